The molecular formula is C26H30N2O4S. The molecule has 0 aliphatic carbocycles. The van der Waals surface area contributed by atoms with Crippen LogP contribution in [0.25, 0.3) is 0 Å². The molecule has 6 nitrogen and oxygen atoms in total. The number of benzene rings is 3. The topological polar surface area (TPSA) is 84.5 Å². The third-order valence-electron chi connectivity index (χ3n) is 5.30. The molecule has 0 spiro atoms. The molecule has 0 saturated heterocycles. The lowest BCUT2D eigenvalue weighted by atomic mass is 9.87. The second-order valence-corrected chi connectivity index (χ2v) is 10.7. The van der Waals surface area contributed by atoms with Crippen molar-refractivity contribution in [3.8, 4) is 5.75 Å². The second kappa shape index (κ2) is 9.67. The first-order valence-electron chi connectivity index (χ1n) is 10.7. The van der Waals surface area contributed by atoms with Crippen LogP contribution in [0.4, 0.5) is 11.4 Å². The Balaban J connectivity index is 1.57. The molecule has 1 amide bonds. The van der Waals surface area contributed by atoms with Crippen molar-refractivity contribution >= 4 is 27.3 Å². The van der Waals surface area contributed by atoms with E-state index in [1.165, 1.54) is 17.7 Å². The summed E-state index contributed by atoms with van der Waals surface area (Å²) in [5.41, 5.74) is 4.30. The van der Waals surface area contributed by atoms with E-state index >= 15 is 0 Å². The number of hydrogen-bond donors (Lipinski definition) is 2. The summed E-state index contributed by atoms with van der Waals surface area (Å²) in [6.45, 7) is 10.1. The average molecular weight is 467 g/mol. The van der Waals surface area contributed by atoms with E-state index < -0.39 is 10.0 Å². The van der Waals surface area contributed by atoms with Crippen LogP contribution >= 0.6 is 0 Å². The monoisotopic (exact) mass is 466 g/mol. The zero-order valence-corrected chi connectivity index (χ0v) is 20.4. The normalized spacial score (nSPS) is 11.7. The maximum Gasteiger partial charge on any atom is 0.262 e. The SMILES string of the molecule is Cc1ccc(NS(=O)(=O)c2ccc(NC(=O)COc3ccc(C(C)(C)C)cc3)cc2)cc1C. The molecule has 0 atom stereocenters. The molecule has 0 heterocycles. The summed E-state index contributed by atoms with van der Waals surface area (Å²) in [7, 11) is -3.74. The molecule has 3 aromatic rings. The smallest absolute Gasteiger partial charge is 0.262 e. The molecular weight excluding hydrogens is 436 g/mol. The molecule has 0 saturated carbocycles. The number of carbonyl (C=O) groups excluding carboxylic acids is 1. The van der Waals surface area contributed by atoms with E-state index in [0.717, 1.165) is 11.1 Å². The van der Waals surface area contributed by atoms with Crippen molar-refractivity contribution in [3.63, 3.8) is 0 Å². The predicted molar refractivity (Wildman–Crippen MR) is 132 cm³/mol. The Morgan fingerprint density at radius 1 is 0.848 bits per heavy atom. The first-order chi connectivity index (χ1) is 15.4. The summed E-state index contributed by atoms with van der Waals surface area (Å²) < 4.78 is 33.4. The maximum absolute atomic E-state index is 12.7. The largest absolute Gasteiger partial charge is 0.484 e. The molecule has 0 unspecified atom stereocenters. The van der Waals surface area contributed by atoms with Gasteiger partial charge >= 0.3 is 0 Å². The number of nitrogens with one attached hydrogen (secondary N) is 2. The number of rotatable bonds is 7. The van der Waals surface area contributed by atoms with Crippen LogP contribution in [-0.2, 0) is 20.2 Å². The lowest BCUT2D eigenvalue weighted by molar-refractivity contribution is -0.118. The highest BCUT2D eigenvalue weighted by molar-refractivity contribution is 7.92. The number of sulfonamides is 1. The van der Waals surface area contributed by atoms with Crippen LogP contribution in [0.5, 0.6) is 5.75 Å². The molecule has 33 heavy (non-hydrogen) atoms. The molecule has 3 rings (SSSR count). The first-order valence-corrected chi connectivity index (χ1v) is 12.2. The molecule has 7 heteroatoms. The second-order valence-electron chi connectivity index (χ2n) is 9.04. The quantitative estimate of drug-likeness (QED) is 0.487. The molecule has 2 N–H and O–H groups in total. The van der Waals surface area contributed by atoms with E-state index in [9.17, 15) is 13.2 Å². The van der Waals surface area contributed by atoms with Crippen molar-refractivity contribution in [3.05, 3.63) is 83.4 Å². The molecule has 0 aliphatic heterocycles. The van der Waals surface area contributed by atoms with Crippen molar-refractivity contribution in [2.45, 2.75) is 44.9 Å². The Morgan fingerprint density at radius 3 is 2.03 bits per heavy atom. The number of anilines is 2. The van der Waals surface area contributed by atoms with Gasteiger partial charge in [0, 0.05) is 11.4 Å². The lowest BCUT2D eigenvalue weighted by Gasteiger charge is -2.19. The molecule has 0 aliphatic rings. The van der Waals surface area contributed by atoms with Crippen LogP contribution in [0.2, 0.25) is 0 Å². The van der Waals surface area contributed by atoms with Crippen molar-refractivity contribution < 1.29 is 17.9 Å². The van der Waals surface area contributed by atoms with Gasteiger partial charge in [-0.1, -0.05) is 39.0 Å². The highest BCUT2D eigenvalue weighted by Crippen LogP contribution is 2.24. The van der Waals surface area contributed by atoms with Crippen LogP contribution in [0, 0.1) is 13.8 Å². The summed E-state index contributed by atoms with van der Waals surface area (Å²) in [6, 6.07) is 19.0. The minimum atomic E-state index is -3.74. The van der Waals surface area contributed by atoms with Crippen LogP contribution in [0.3, 0.4) is 0 Å². The third-order valence-corrected chi connectivity index (χ3v) is 6.69. The van der Waals surface area contributed by atoms with Gasteiger partial charge in [0.2, 0.25) is 0 Å². The van der Waals surface area contributed by atoms with E-state index in [-0.39, 0.29) is 22.8 Å². The number of ether oxygens (including phenoxy) is 1. The Labute approximate surface area is 196 Å². The van der Waals surface area contributed by atoms with Gasteiger partial charge in [-0.05, 0) is 84.5 Å². The van der Waals surface area contributed by atoms with Gasteiger partial charge in [0.15, 0.2) is 6.61 Å². The van der Waals surface area contributed by atoms with Gasteiger partial charge in [-0.2, -0.15) is 0 Å². The summed E-state index contributed by atoms with van der Waals surface area (Å²) in [4.78, 5) is 12.3. The van der Waals surface area contributed by atoms with Gasteiger partial charge in [-0.25, -0.2) is 8.42 Å². The molecule has 174 valence electrons. The van der Waals surface area contributed by atoms with Crippen molar-refractivity contribution in [2.75, 3.05) is 16.6 Å². The van der Waals surface area contributed by atoms with Gasteiger partial charge in [-0.3, -0.25) is 9.52 Å². The fourth-order valence-corrected chi connectivity index (χ4v) is 4.18. The summed E-state index contributed by atoms with van der Waals surface area (Å²) in [6.07, 6.45) is 0. The van der Waals surface area contributed by atoms with Crippen molar-refractivity contribution in [2.24, 2.45) is 0 Å². The Morgan fingerprint density at radius 2 is 1.45 bits per heavy atom. The maximum atomic E-state index is 12.7. The fraction of sp³-hybridized carbons (Fsp3) is 0.269. The number of aryl methyl sites for hydroxylation is 2. The summed E-state index contributed by atoms with van der Waals surface area (Å²) in [5, 5.41) is 2.71. The Hall–Kier alpha value is -3.32. The highest BCUT2D eigenvalue weighted by Gasteiger charge is 2.15. The van der Waals surface area contributed by atoms with Crippen LogP contribution < -0.4 is 14.8 Å². The minimum absolute atomic E-state index is 0.0458. The zero-order valence-electron chi connectivity index (χ0n) is 19.6. The summed E-state index contributed by atoms with van der Waals surface area (Å²) in [5.74, 6) is 0.274. The predicted octanol–water partition coefficient (Wildman–Crippen LogP) is 5.42. The van der Waals surface area contributed by atoms with Crippen LogP contribution in [0.1, 0.15) is 37.5 Å². The third kappa shape index (κ3) is 6.58. The molecule has 0 bridgehead atoms. The number of hydrogen-bond acceptors (Lipinski definition) is 4. The van der Waals surface area contributed by atoms with Gasteiger partial charge in [0.05, 0.1) is 4.90 Å². The van der Waals surface area contributed by atoms with Gasteiger partial charge in [0.1, 0.15) is 5.75 Å². The zero-order chi connectivity index (χ0) is 24.2. The van der Waals surface area contributed by atoms with Crippen molar-refractivity contribution in [1.29, 1.82) is 0 Å². The van der Waals surface area contributed by atoms with E-state index in [1.807, 2.05) is 44.2 Å². The fourth-order valence-electron chi connectivity index (χ4n) is 3.13. The molecule has 0 fully saturated rings. The van der Waals surface area contributed by atoms with E-state index in [4.69, 9.17) is 4.74 Å². The average Bonchev–Trinajstić information content (AvgIpc) is 2.75. The molecule has 0 radical (unpaired) electrons. The number of carbonyl (C=O) groups is 1. The standard InChI is InChI=1S/C26H30N2O4S/c1-18-6-9-22(16-19(18)2)28-33(30,31)24-14-10-21(11-15-24)27-25(29)17-32-23-12-7-20(8-13-23)26(3,4)5/h6-16,28H,17H2,1-5H3,(H,27,29). The van der Waals surface area contributed by atoms with E-state index in [1.54, 1.807) is 24.3 Å². The number of amides is 1. The van der Waals surface area contributed by atoms with Crippen LogP contribution in [-0.4, -0.2) is 20.9 Å². The van der Waals surface area contributed by atoms with Gasteiger partial charge in [-0.15, -0.1) is 0 Å². The first kappa shape index (κ1) is 24.3. The minimum Gasteiger partial charge on any atom is -0.484 e. The summed E-state index contributed by atoms with van der Waals surface area (Å²) >= 11 is 0. The highest BCUT2D eigenvalue weighted by atomic mass is 32.2. The Bertz CT molecular complexity index is 1230. The van der Waals surface area contributed by atoms with E-state index in [0.29, 0.717) is 17.1 Å². The lowest BCUT2D eigenvalue weighted by Crippen LogP contribution is -2.20. The van der Waals surface area contributed by atoms with Crippen LogP contribution in [0.15, 0.2) is 71.6 Å². The molecule has 3 aromatic carbocycles. The molecule has 0 aromatic heterocycles. The van der Waals surface area contributed by atoms with Gasteiger partial charge in [0.25, 0.3) is 15.9 Å². The van der Waals surface area contributed by atoms with Crippen molar-refractivity contribution in [1.82, 2.24) is 0 Å². The van der Waals surface area contributed by atoms with E-state index in [2.05, 4.69) is 30.8 Å². The Kier molecular flexibility index (Phi) is 7.12. The van der Waals surface area contributed by atoms with Gasteiger partial charge < -0.3 is 10.1 Å².